The number of amides is 1. The molecule has 17 heteroatoms. The van der Waals surface area contributed by atoms with E-state index in [1.165, 1.54) is 0 Å². The maximum Gasteiger partial charge on any atom is 0.519 e. The Morgan fingerprint density at radius 2 is 1.33 bits per heavy atom. The van der Waals surface area contributed by atoms with Gasteiger partial charge in [-0.2, -0.15) is 0 Å². The van der Waals surface area contributed by atoms with Crippen LogP contribution in [0.2, 0.25) is 18.7 Å². The van der Waals surface area contributed by atoms with E-state index in [-0.39, 0.29) is 11.8 Å². The number of pyridine rings is 2. The molecule has 55 heavy (non-hydrogen) atoms. The highest BCUT2D eigenvalue weighted by molar-refractivity contribution is 6.53. The summed E-state index contributed by atoms with van der Waals surface area (Å²) in [7, 11) is -1.26. The molecule has 1 amide bonds. The molecule has 3 saturated heterocycles. The van der Waals surface area contributed by atoms with Gasteiger partial charge in [-0.1, -0.05) is 11.6 Å². The fraction of sp³-hybridized carbons (Fsp3) is 0.500. The molecule has 7 rings (SSSR count). The maximum absolute atomic E-state index is 13.2. The smallest absolute Gasteiger partial charge is 0.519 e. The number of fused-ring (bicyclic) bond motifs is 1. The molecule has 3 fully saturated rings. The van der Waals surface area contributed by atoms with Crippen LogP contribution in [0, 0.1) is 11.8 Å². The lowest BCUT2D eigenvalue weighted by Gasteiger charge is -2.37. The Kier molecular flexibility index (Phi) is 14.0. The first-order chi connectivity index (χ1) is 26.5. The number of benzene rings is 1. The Morgan fingerprint density at radius 3 is 1.84 bits per heavy atom. The second kappa shape index (κ2) is 19.1. The van der Waals surface area contributed by atoms with Gasteiger partial charge in [0.2, 0.25) is 5.91 Å². The summed E-state index contributed by atoms with van der Waals surface area (Å²) in [6.07, 6.45) is 8.69. The van der Waals surface area contributed by atoms with Crippen LogP contribution in [0.5, 0.6) is 0 Å². The zero-order valence-electron chi connectivity index (χ0n) is 31.8. The molecule has 0 unspecified atom stereocenters. The number of hydrogen-bond acceptors (Lipinski definition) is 11. The zero-order valence-corrected chi connectivity index (χ0v) is 32.5. The van der Waals surface area contributed by atoms with Gasteiger partial charge in [0.15, 0.2) is 0 Å². The predicted octanol–water partition coefficient (Wildman–Crippen LogP) is 3.82. The van der Waals surface area contributed by atoms with E-state index in [0.29, 0.717) is 28.5 Å². The average molecular weight is 773 g/mol. The standard InChI is InChI=1S/C25H32BClN6O2.C13H20BN3O3/c1-26(35)31-23-14-17(4-9-28-23)16-32-10-5-19(6-11-32)25(34)33-12-7-18(8-13-33)24-29-21-3-2-20(27)15-22(21)30-24;1-14(20)16-12-8-10(2-5-15-12)9-17-6-3-11(4-7-17)13(18)19/h2-4,9,14-15,18-19,35H,5-8,10-13,16H2,1H3,(H,28,31)(H,29,30);2,5,8,11,20H,3-4,6-7,9H2,1H3,(H,15,16)(H,18,19)/p+1. The Balaban J connectivity index is 0.000000219. The Bertz CT molecular complexity index is 1880. The number of H-pyrrole nitrogens is 1. The van der Waals surface area contributed by atoms with Crippen LogP contribution in [0.25, 0.3) is 11.0 Å². The first-order valence-electron chi connectivity index (χ1n) is 19.4. The number of hydrogen-bond donors (Lipinski definition) is 5. The summed E-state index contributed by atoms with van der Waals surface area (Å²) >= 11 is 6.11. The second-order valence-electron chi connectivity index (χ2n) is 15.1. The number of carbonyl (C=O) groups excluding carboxylic acids is 2. The topological polar surface area (TPSA) is 186 Å². The lowest BCUT2D eigenvalue weighted by molar-refractivity contribution is -0.143. The minimum atomic E-state index is -0.637. The van der Waals surface area contributed by atoms with Crippen LogP contribution < -0.4 is 10.5 Å². The van der Waals surface area contributed by atoms with Crippen molar-refractivity contribution >= 4 is 60.2 Å². The van der Waals surface area contributed by atoms with Crippen molar-refractivity contribution in [2.24, 2.45) is 11.8 Å². The number of likely N-dealkylation sites (tertiary alicyclic amines) is 3. The number of rotatable bonds is 11. The largest absolute Gasteiger partial charge is 0.565 e. The quantitative estimate of drug-likeness (QED) is 0.110. The minimum Gasteiger partial charge on any atom is -0.565 e. The summed E-state index contributed by atoms with van der Waals surface area (Å²) in [5, 5.41) is 32.4. The van der Waals surface area contributed by atoms with Gasteiger partial charge in [-0.3, -0.25) is 14.6 Å². The van der Waals surface area contributed by atoms with Gasteiger partial charge in [-0.05, 0) is 132 Å². The summed E-state index contributed by atoms with van der Waals surface area (Å²) in [6.45, 7) is 10.0. The summed E-state index contributed by atoms with van der Waals surface area (Å²) < 4.78 is 0. The molecule has 0 bridgehead atoms. The molecular formula is C38H53B2ClN9O5+. The number of anilines is 2. The molecule has 0 saturated carbocycles. The third-order valence-corrected chi connectivity index (χ3v) is 11.0. The van der Waals surface area contributed by atoms with E-state index < -0.39 is 20.1 Å². The molecule has 3 aliphatic heterocycles. The van der Waals surface area contributed by atoms with Crippen LogP contribution in [0.1, 0.15) is 61.4 Å². The normalized spacial score (nSPS) is 17.7. The van der Waals surface area contributed by atoms with Gasteiger partial charge in [0, 0.05) is 60.2 Å². The van der Waals surface area contributed by atoms with Crippen molar-refractivity contribution in [2.45, 2.75) is 71.2 Å². The molecule has 0 aliphatic carbocycles. The summed E-state index contributed by atoms with van der Waals surface area (Å²) in [5.74, 6) is 2.60. The fourth-order valence-corrected chi connectivity index (χ4v) is 7.94. The monoisotopic (exact) mass is 772 g/mol. The SMILES string of the molecule is CB(O)Nc1cc(CN2CCC(C(=O)N3CCC(c4nc5ccc(Cl)cc5[nH]4)CC3)CC2)ccn1.CB(O)Nc1cc(CN2CCC(C(=O)[OH2+])CC2)ccn1. The first-order valence-corrected chi connectivity index (χ1v) is 19.8. The summed E-state index contributed by atoms with van der Waals surface area (Å²) in [5.41, 5.74) is 4.19. The van der Waals surface area contributed by atoms with Gasteiger partial charge in [-0.15, -0.1) is 0 Å². The van der Waals surface area contributed by atoms with E-state index in [1.54, 1.807) is 26.0 Å². The lowest BCUT2D eigenvalue weighted by Crippen LogP contribution is -2.45. The molecule has 0 radical (unpaired) electrons. The molecule has 292 valence electrons. The molecule has 4 aromatic rings. The number of halogens is 1. The first kappa shape index (κ1) is 40.5. The van der Waals surface area contributed by atoms with Crippen molar-refractivity contribution in [3.8, 4) is 0 Å². The van der Waals surface area contributed by atoms with Crippen LogP contribution in [0.3, 0.4) is 0 Å². The molecule has 0 atom stereocenters. The summed E-state index contributed by atoms with van der Waals surface area (Å²) in [4.78, 5) is 47.5. The van der Waals surface area contributed by atoms with Crippen molar-refractivity contribution in [1.29, 1.82) is 0 Å². The van der Waals surface area contributed by atoms with Gasteiger partial charge in [0.1, 0.15) is 23.4 Å². The summed E-state index contributed by atoms with van der Waals surface area (Å²) in [6, 6.07) is 13.6. The fourth-order valence-electron chi connectivity index (χ4n) is 7.77. The van der Waals surface area contributed by atoms with Gasteiger partial charge in [0.25, 0.3) is 0 Å². The number of carbonyl (C=O) groups is 2. The number of aromatic nitrogens is 4. The van der Waals surface area contributed by atoms with Gasteiger partial charge >= 0.3 is 20.1 Å². The number of nitrogens with one attached hydrogen (secondary N) is 3. The molecule has 0 spiro atoms. The van der Waals surface area contributed by atoms with Crippen LogP contribution in [-0.2, 0) is 22.7 Å². The van der Waals surface area contributed by atoms with Gasteiger partial charge < -0.3 is 35.5 Å². The van der Waals surface area contributed by atoms with Gasteiger partial charge in [-0.25, -0.2) is 15.0 Å². The maximum atomic E-state index is 13.2. The Morgan fingerprint density at radius 1 is 0.800 bits per heavy atom. The van der Waals surface area contributed by atoms with Crippen LogP contribution >= 0.6 is 11.6 Å². The van der Waals surface area contributed by atoms with Crippen LogP contribution in [0.4, 0.5) is 11.6 Å². The molecule has 7 N–H and O–H groups in total. The lowest BCUT2D eigenvalue weighted by atomic mass is 9.89. The number of imidazole rings is 1. The predicted molar refractivity (Wildman–Crippen MR) is 218 cm³/mol. The zero-order chi connectivity index (χ0) is 38.9. The van der Waals surface area contributed by atoms with E-state index in [1.807, 2.05) is 42.5 Å². The highest BCUT2D eigenvalue weighted by Gasteiger charge is 2.32. The van der Waals surface area contributed by atoms with Crippen molar-refractivity contribution < 1.29 is 24.7 Å². The molecule has 14 nitrogen and oxygen atoms in total. The van der Waals surface area contributed by atoms with Crippen molar-refractivity contribution in [1.82, 2.24) is 34.6 Å². The number of nitrogens with zero attached hydrogens (tertiary/aromatic N) is 6. The average Bonchev–Trinajstić information content (AvgIpc) is 3.59. The van der Waals surface area contributed by atoms with Crippen molar-refractivity contribution in [2.75, 3.05) is 49.7 Å². The van der Waals surface area contributed by atoms with E-state index in [0.717, 1.165) is 119 Å². The van der Waals surface area contributed by atoms with E-state index in [9.17, 15) is 19.6 Å². The third kappa shape index (κ3) is 11.7. The number of aromatic amines is 1. The number of piperidine rings is 3. The highest BCUT2D eigenvalue weighted by Crippen LogP contribution is 2.31. The molecular weight excluding hydrogens is 720 g/mol. The van der Waals surface area contributed by atoms with Crippen LogP contribution in [0.15, 0.2) is 54.9 Å². The molecule has 1 aromatic carbocycles. The second-order valence-corrected chi connectivity index (χ2v) is 15.5. The minimum absolute atomic E-state index is 0.0869. The van der Waals surface area contributed by atoms with E-state index in [4.69, 9.17) is 21.7 Å². The van der Waals surface area contributed by atoms with Gasteiger partial charge in [0.05, 0.1) is 11.0 Å². The van der Waals surface area contributed by atoms with E-state index >= 15 is 0 Å². The van der Waals surface area contributed by atoms with E-state index in [2.05, 4.69) is 40.1 Å². The molecule has 6 heterocycles. The highest BCUT2D eigenvalue weighted by atomic mass is 35.5. The van der Waals surface area contributed by atoms with Crippen molar-refractivity contribution in [3.63, 3.8) is 0 Å². The molecule has 3 aromatic heterocycles. The van der Waals surface area contributed by atoms with Crippen molar-refractivity contribution in [3.05, 3.63) is 76.8 Å². The van der Waals surface area contributed by atoms with Crippen LogP contribution in [-0.4, -0.2) is 115 Å². The Labute approximate surface area is 328 Å². The Hall–Kier alpha value is -4.21. The molecule has 3 aliphatic rings. The third-order valence-electron chi connectivity index (χ3n) is 10.7.